The normalized spacial score (nSPS) is 12.2. The molecule has 0 radical (unpaired) electrons. The molecule has 2 amide bonds. The lowest BCUT2D eigenvalue weighted by atomic mass is 10.2. The molecule has 0 unspecified atom stereocenters. The second-order valence-electron chi connectivity index (χ2n) is 5.74. The minimum atomic E-state index is -1.04. The van der Waals surface area contributed by atoms with Gasteiger partial charge in [0, 0.05) is 5.69 Å². The Morgan fingerprint density at radius 3 is 2.14 bits per heavy atom. The van der Waals surface area contributed by atoms with E-state index in [9.17, 15) is 14.4 Å². The van der Waals surface area contributed by atoms with Crippen LogP contribution in [0.1, 0.15) is 38.1 Å². The molecule has 0 aliphatic heterocycles. The molecular formula is C15H20N2O5. The van der Waals surface area contributed by atoms with E-state index in [4.69, 9.17) is 9.84 Å². The predicted octanol–water partition coefficient (Wildman–Crippen LogP) is 2.24. The smallest absolute Gasteiger partial charge is 0.408 e. The van der Waals surface area contributed by atoms with E-state index in [1.165, 1.54) is 31.2 Å². The molecule has 7 heteroatoms. The third-order valence-corrected chi connectivity index (χ3v) is 2.53. The zero-order chi connectivity index (χ0) is 16.9. The van der Waals surface area contributed by atoms with Gasteiger partial charge in [-0.05, 0) is 52.0 Å². The van der Waals surface area contributed by atoms with Gasteiger partial charge in [0.15, 0.2) is 0 Å². The van der Waals surface area contributed by atoms with E-state index < -0.39 is 29.6 Å². The number of nitrogens with one attached hydrogen (secondary N) is 2. The number of carboxylic acids is 1. The van der Waals surface area contributed by atoms with Crippen LogP contribution in [0.3, 0.4) is 0 Å². The minimum Gasteiger partial charge on any atom is -0.478 e. The molecule has 0 aliphatic carbocycles. The van der Waals surface area contributed by atoms with Gasteiger partial charge in [0.05, 0.1) is 5.56 Å². The van der Waals surface area contributed by atoms with Gasteiger partial charge in [0.1, 0.15) is 11.6 Å². The number of ether oxygens (including phenoxy) is 1. The summed E-state index contributed by atoms with van der Waals surface area (Å²) in [6, 6.07) is 4.91. The van der Waals surface area contributed by atoms with Gasteiger partial charge in [-0.25, -0.2) is 9.59 Å². The maximum Gasteiger partial charge on any atom is 0.408 e. The van der Waals surface area contributed by atoms with Crippen LogP contribution >= 0.6 is 0 Å². The van der Waals surface area contributed by atoms with Gasteiger partial charge < -0.3 is 20.5 Å². The lowest BCUT2D eigenvalue weighted by Crippen LogP contribution is -2.43. The Balaban J connectivity index is 2.57. The van der Waals surface area contributed by atoms with Gasteiger partial charge in [-0.2, -0.15) is 0 Å². The third-order valence-electron chi connectivity index (χ3n) is 2.53. The van der Waals surface area contributed by atoms with Crippen molar-refractivity contribution < 1.29 is 24.2 Å². The average Bonchev–Trinajstić information content (AvgIpc) is 2.36. The van der Waals surface area contributed by atoms with Crippen LogP contribution in [0.25, 0.3) is 0 Å². The van der Waals surface area contributed by atoms with Gasteiger partial charge in [0.2, 0.25) is 5.91 Å². The molecule has 0 spiro atoms. The van der Waals surface area contributed by atoms with E-state index >= 15 is 0 Å². The van der Waals surface area contributed by atoms with Crippen LogP contribution in [0.2, 0.25) is 0 Å². The number of anilines is 1. The standard InChI is InChI=1S/C15H20N2O5/c1-9(16-14(21)22-15(2,3)4)12(18)17-11-7-5-10(6-8-11)13(19)20/h5-9H,1-4H3,(H,16,21)(H,17,18)(H,19,20)/t9-/m0/s1. The molecule has 0 bridgehead atoms. The summed E-state index contributed by atoms with van der Waals surface area (Å²) in [6.45, 7) is 6.69. The SMILES string of the molecule is C[C@H](NC(=O)OC(C)(C)C)C(=O)Nc1ccc(C(=O)O)cc1. The Morgan fingerprint density at radius 1 is 1.14 bits per heavy atom. The zero-order valence-electron chi connectivity index (χ0n) is 13.0. The summed E-state index contributed by atoms with van der Waals surface area (Å²) < 4.78 is 5.06. The van der Waals surface area contributed by atoms with Crippen LogP contribution in [0.15, 0.2) is 24.3 Å². The second-order valence-corrected chi connectivity index (χ2v) is 5.74. The first-order chi connectivity index (χ1) is 10.1. The van der Waals surface area contributed by atoms with Crippen LogP contribution < -0.4 is 10.6 Å². The van der Waals surface area contributed by atoms with Crippen molar-refractivity contribution >= 4 is 23.7 Å². The van der Waals surface area contributed by atoms with Gasteiger partial charge >= 0.3 is 12.1 Å². The molecule has 0 saturated carbocycles. The lowest BCUT2D eigenvalue weighted by Gasteiger charge is -2.21. The molecule has 7 nitrogen and oxygen atoms in total. The molecule has 120 valence electrons. The zero-order valence-corrected chi connectivity index (χ0v) is 13.0. The van der Waals surface area contributed by atoms with Gasteiger partial charge in [-0.3, -0.25) is 4.79 Å². The van der Waals surface area contributed by atoms with Crippen molar-refractivity contribution in [3.05, 3.63) is 29.8 Å². The molecular weight excluding hydrogens is 288 g/mol. The summed E-state index contributed by atoms with van der Waals surface area (Å²) >= 11 is 0. The number of carboxylic acid groups (broad SMARTS) is 1. The van der Waals surface area contributed by atoms with Crippen molar-refractivity contribution in [2.75, 3.05) is 5.32 Å². The maximum absolute atomic E-state index is 11.9. The van der Waals surface area contributed by atoms with Gasteiger partial charge in [0.25, 0.3) is 0 Å². The first-order valence-corrected chi connectivity index (χ1v) is 6.72. The highest BCUT2D eigenvalue weighted by Crippen LogP contribution is 2.10. The van der Waals surface area contributed by atoms with Gasteiger partial charge in [-0.1, -0.05) is 0 Å². The number of alkyl carbamates (subject to hydrolysis) is 1. The van der Waals surface area contributed by atoms with Crippen LogP contribution in [-0.4, -0.2) is 34.7 Å². The number of carbonyl (C=O) groups excluding carboxylic acids is 2. The van der Waals surface area contributed by atoms with Crippen molar-refractivity contribution in [2.24, 2.45) is 0 Å². The molecule has 0 fully saturated rings. The van der Waals surface area contributed by atoms with E-state index in [0.29, 0.717) is 5.69 Å². The highest BCUT2D eigenvalue weighted by molar-refractivity contribution is 5.96. The summed E-state index contributed by atoms with van der Waals surface area (Å²) in [7, 11) is 0. The van der Waals surface area contributed by atoms with Crippen LogP contribution in [0.4, 0.5) is 10.5 Å². The fourth-order valence-corrected chi connectivity index (χ4v) is 1.50. The van der Waals surface area contributed by atoms with Crippen molar-refractivity contribution in [3.8, 4) is 0 Å². The first kappa shape index (κ1) is 17.5. The number of hydrogen-bond donors (Lipinski definition) is 3. The molecule has 0 aliphatic rings. The quantitative estimate of drug-likeness (QED) is 0.791. The van der Waals surface area contributed by atoms with E-state index in [0.717, 1.165) is 0 Å². The third kappa shape index (κ3) is 5.82. The summed E-state index contributed by atoms with van der Waals surface area (Å²) in [6.07, 6.45) is -0.684. The fourth-order valence-electron chi connectivity index (χ4n) is 1.50. The molecule has 1 aromatic carbocycles. The van der Waals surface area contributed by atoms with Crippen molar-refractivity contribution in [2.45, 2.75) is 39.3 Å². The topological polar surface area (TPSA) is 105 Å². The Kier molecular flexibility index (Phi) is 5.50. The van der Waals surface area contributed by atoms with E-state index in [1.54, 1.807) is 20.8 Å². The number of aromatic carboxylic acids is 1. The highest BCUT2D eigenvalue weighted by atomic mass is 16.6. The Morgan fingerprint density at radius 2 is 1.68 bits per heavy atom. The summed E-state index contributed by atoms with van der Waals surface area (Å²) in [5.74, 6) is -1.48. The molecule has 1 atom stereocenters. The van der Waals surface area contributed by atoms with E-state index in [2.05, 4.69) is 10.6 Å². The second kappa shape index (κ2) is 6.93. The van der Waals surface area contributed by atoms with Crippen LogP contribution in [0, 0.1) is 0 Å². The highest BCUT2D eigenvalue weighted by Gasteiger charge is 2.21. The maximum atomic E-state index is 11.9. The Hall–Kier alpha value is -2.57. The lowest BCUT2D eigenvalue weighted by molar-refractivity contribution is -0.117. The number of rotatable bonds is 4. The van der Waals surface area contributed by atoms with Crippen molar-refractivity contribution in [1.82, 2.24) is 5.32 Å². The Bertz CT molecular complexity index is 560. The molecule has 22 heavy (non-hydrogen) atoms. The molecule has 1 aromatic rings. The van der Waals surface area contributed by atoms with E-state index in [1.807, 2.05) is 0 Å². The van der Waals surface area contributed by atoms with Crippen LogP contribution in [-0.2, 0) is 9.53 Å². The fraction of sp³-hybridized carbons (Fsp3) is 0.400. The molecule has 3 N–H and O–H groups in total. The summed E-state index contributed by atoms with van der Waals surface area (Å²) in [4.78, 5) is 34.2. The first-order valence-electron chi connectivity index (χ1n) is 6.72. The minimum absolute atomic E-state index is 0.123. The van der Waals surface area contributed by atoms with Gasteiger partial charge in [-0.15, -0.1) is 0 Å². The molecule has 0 saturated heterocycles. The number of carbonyl (C=O) groups is 3. The summed E-state index contributed by atoms with van der Waals surface area (Å²) in [5, 5.41) is 13.8. The largest absolute Gasteiger partial charge is 0.478 e. The molecule has 1 rings (SSSR count). The number of amides is 2. The summed E-state index contributed by atoms with van der Waals surface area (Å²) in [5.41, 5.74) is -0.0850. The van der Waals surface area contributed by atoms with Crippen LogP contribution in [0.5, 0.6) is 0 Å². The molecule has 0 aromatic heterocycles. The van der Waals surface area contributed by atoms with E-state index in [-0.39, 0.29) is 5.56 Å². The number of benzene rings is 1. The molecule has 0 heterocycles. The monoisotopic (exact) mass is 308 g/mol. The Labute approximate surface area is 128 Å². The van der Waals surface area contributed by atoms with Crippen molar-refractivity contribution in [3.63, 3.8) is 0 Å². The van der Waals surface area contributed by atoms with Crippen molar-refractivity contribution in [1.29, 1.82) is 0 Å². The average molecular weight is 308 g/mol. The number of hydrogen-bond acceptors (Lipinski definition) is 4. The predicted molar refractivity (Wildman–Crippen MR) is 80.9 cm³/mol.